The lowest BCUT2D eigenvalue weighted by atomic mass is 9.95. The number of halogens is 1. The van der Waals surface area contributed by atoms with Crippen molar-refractivity contribution in [2.24, 2.45) is 0 Å². The molecule has 1 fully saturated rings. The molecule has 0 spiro atoms. The van der Waals surface area contributed by atoms with E-state index in [0.29, 0.717) is 13.0 Å². The van der Waals surface area contributed by atoms with Crippen LogP contribution in [0.4, 0.5) is 4.39 Å². The first-order valence-corrected chi connectivity index (χ1v) is 4.88. The molecule has 68 valence electrons. The third kappa shape index (κ3) is 2.85. The van der Waals surface area contributed by atoms with Gasteiger partial charge >= 0.3 is 0 Å². The van der Waals surface area contributed by atoms with Crippen molar-refractivity contribution >= 4 is 33.1 Å². The zero-order chi connectivity index (χ0) is 9.41. The van der Waals surface area contributed by atoms with Gasteiger partial charge in [0.25, 0.3) is 0 Å². The lowest BCUT2D eigenvalue weighted by Crippen LogP contribution is -2.51. The smallest absolute Gasteiger partial charge is 0.126 e. The molecular formula is C7H13BFNS2. The van der Waals surface area contributed by atoms with Crippen molar-refractivity contribution in [3.05, 3.63) is 0 Å². The number of rotatable bonds is 1. The summed E-state index contributed by atoms with van der Waals surface area (Å²) in [4.78, 5) is 1.74. The Morgan fingerprint density at radius 2 is 2.17 bits per heavy atom. The van der Waals surface area contributed by atoms with Crippen LogP contribution in [0.25, 0.3) is 0 Å². The van der Waals surface area contributed by atoms with E-state index in [-0.39, 0.29) is 0 Å². The van der Waals surface area contributed by atoms with Gasteiger partial charge in [-0.05, 0) is 26.3 Å². The first-order chi connectivity index (χ1) is 5.31. The number of thiol groups is 2. The summed E-state index contributed by atoms with van der Waals surface area (Å²) < 4.78 is 12.5. The van der Waals surface area contributed by atoms with Gasteiger partial charge in [0.1, 0.15) is 13.5 Å². The second-order valence-corrected chi connectivity index (χ2v) is 5.34. The first-order valence-electron chi connectivity index (χ1n) is 3.99. The number of alkyl halides is 1. The molecule has 0 aromatic rings. The molecule has 5 heteroatoms. The molecular weight excluding hydrogens is 192 g/mol. The van der Waals surface area contributed by atoms with Crippen LogP contribution in [0, 0.1) is 0 Å². The third-order valence-corrected chi connectivity index (χ3v) is 2.68. The average molecular weight is 205 g/mol. The molecule has 1 unspecified atom stereocenters. The third-order valence-electron chi connectivity index (χ3n) is 2.11. The van der Waals surface area contributed by atoms with E-state index in [4.69, 9.17) is 7.85 Å². The van der Waals surface area contributed by atoms with Gasteiger partial charge in [0, 0.05) is 6.54 Å². The van der Waals surface area contributed by atoms with E-state index in [0.717, 1.165) is 13.0 Å². The fourth-order valence-electron chi connectivity index (χ4n) is 1.48. The summed E-state index contributed by atoms with van der Waals surface area (Å²) in [6.45, 7) is 2.67. The zero-order valence-corrected chi connectivity index (χ0v) is 8.91. The highest BCUT2D eigenvalue weighted by atomic mass is 32.2. The van der Waals surface area contributed by atoms with Crippen molar-refractivity contribution < 1.29 is 4.39 Å². The molecule has 1 rings (SSSR count). The minimum absolute atomic E-state index is 0.316. The second-order valence-electron chi connectivity index (χ2n) is 3.63. The molecule has 1 saturated heterocycles. The fourth-order valence-corrected chi connectivity index (χ4v) is 1.82. The van der Waals surface area contributed by atoms with Crippen molar-refractivity contribution in [3.63, 3.8) is 0 Å². The maximum atomic E-state index is 13.5. The van der Waals surface area contributed by atoms with Gasteiger partial charge in [0.2, 0.25) is 0 Å². The van der Waals surface area contributed by atoms with Crippen molar-refractivity contribution in [2.75, 3.05) is 13.1 Å². The van der Waals surface area contributed by atoms with Crippen LogP contribution in [0.15, 0.2) is 0 Å². The van der Waals surface area contributed by atoms with Gasteiger partial charge in [0.05, 0.1) is 4.10 Å². The van der Waals surface area contributed by atoms with E-state index in [2.05, 4.69) is 25.3 Å². The van der Waals surface area contributed by atoms with E-state index in [1.165, 1.54) is 0 Å². The SMILES string of the molecule is [B]C(S)(S)N1CCCC(C)(F)C1. The number of nitrogens with zero attached hydrogens (tertiary/aromatic N) is 1. The van der Waals surface area contributed by atoms with Crippen molar-refractivity contribution in [2.45, 2.75) is 29.5 Å². The molecule has 0 bridgehead atoms. The summed E-state index contributed by atoms with van der Waals surface area (Å²) in [5.74, 6) is 0. The van der Waals surface area contributed by atoms with Gasteiger partial charge in [-0.1, -0.05) is 0 Å². The molecule has 0 aromatic carbocycles. The Bertz CT molecular complexity index is 166. The number of likely N-dealkylation sites (tertiary alicyclic amines) is 1. The lowest BCUT2D eigenvalue weighted by molar-refractivity contribution is 0.0618. The quantitative estimate of drug-likeness (QED) is 0.372. The van der Waals surface area contributed by atoms with Crippen LogP contribution >= 0.6 is 25.3 Å². The Hall–Kier alpha value is 0.655. The molecule has 1 atom stereocenters. The minimum Gasteiger partial charge on any atom is -0.286 e. The average Bonchev–Trinajstić information content (AvgIpc) is 1.83. The van der Waals surface area contributed by atoms with Crippen LogP contribution in [-0.4, -0.2) is 35.6 Å². The molecule has 0 aromatic heterocycles. The predicted molar refractivity (Wildman–Crippen MR) is 56.8 cm³/mol. The topological polar surface area (TPSA) is 3.24 Å². The van der Waals surface area contributed by atoms with Crippen molar-refractivity contribution in [1.82, 2.24) is 4.90 Å². The van der Waals surface area contributed by atoms with E-state index in [9.17, 15) is 4.39 Å². The summed E-state index contributed by atoms with van der Waals surface area (Å²) in [6.07, 6.45) is 1.41. The molecule has 2 radical (unpaired) electrons. The van der Waals surface area contributed by atoms with Crippen LogP contribution in [0.2, 0.25) is 0 Å². The largest absolute Gasteiger partial charge is 0.286 e. The first kappa shape index (κ1) is 10.7. The summed E-state index contributed by atoms with van der Waals surface area (Å²) in [6, 6.07) is 0. The van der Waals surface area contributed by atoms with E-state index >= 15 is 0 Å². The monoisotopic (exact) mass is 205 g/mol. The molecule has 1 nitrogen and oxygen atoms in total. The summed E-state index contributed by atoms with van der Waals surface area (Å²) >= 11 is 8.15. The molecule has 1 aliphatic heterocycles. The molecule has 12 heavy (non-hydrogen) atoms. The standard InChI is InChI=1S/C7H13BFNS2/c1-6(9)3-2-4-10(5-6)7(8,11)12/h11-12H,2-5H2,1H3. The molecule has 0 saturated carbocycles. The maximum absolute atomic E-state index is 13.5. The Kier molecular flexibility index (Phi) is 3.06. The molecule has 0 aliphatic carbocycles. The van der Waals surface area contributed by atoms with Crippen molar-refractivity contribution in [1.29, 1.82) is 0 Å². The number of hydrogen-bond donors (Lipinski definition) is 2. The van der Waals surface area contributed by atoms with E-state index in [1.807, 2.05) is 0 Å². The summed E-state index contributed by atoms with van der Waals surface area (Å²) in [5.41, 5.74) is -1.14. The lowest BCUT2D eigenvalue weighted by Gasteiger charge is -2.42. The normalized spacial score (nSPS) is 33.7. The van der Waals surface area contributed by atoms with Gasteiger partial charge in [0.15, 0.2) is 0 Å². The number of hydrogen-bond acceptors (Lipinski definition) is 3. The van der Waals surface area contributed by atoms with Gasteiger partial charge in [-0.3, -0.25) is 4.90 Å². The minimum atomic E-state index is -1.14. The Morgan fingerprint density at radius 1 is 1.58 bits per heavy atom. The molecule has 0 N–H and O–H groups in total. The van der Waals surface area contributed by atoms with Crippen LogP contribution < -0.4 is 0 Å². The Morgan fingerprint density at radius 3 is 2.50 bits per heavy atom. The van der Waals surface area contributed by atoms with Gasteiger partial charge in [-0.2, -0.15) is 25.3 Å². The second kappa shape index (κ2) is 3.43. The van der Waals surface area contributed by atoms with Crippen LogP contribution in [0.5, 0.6) is 0 Å². The fraction of sp³-hybridized carbons (Fsp3) is 1.00. The highest BCUT2D eigenvalue weighted by Gasteiger charge is 2.35. The Labute approximate surface area is 85.3 Å². The zero-order valence-electron chi connectivity index (χ0n) is 7.13. The predicted octanol–water partition coefficient (Wildman–Crippen LogP) is 1.45. The van der Waals surface area contributed by atoms with E-state index < -0.39 is 9.77 Å². The Balaban J connectivity index is 2.58. The van der Waals surface area contributed by atoms with E-state index in [1.54, 1.807) is 11.8 Å². The maximum Gasteiger partial charge on any atom is 0.126 e. The van der Waals surface area contributed by atoms with Crippen LogP contribution in [0.1, 0.15) is 19.8 Å². The highest BCUT2D eigenvalue weighted by molar-refractivity contribution is 8.02. The van der Waals surface area contributed by atoms with Gasteiger partial charge in [-0.15, -0.1) is 0 Å². The molecule has 1 aliphatic rings. The van der Waals surface area contributed by atoms with Crippen molar-refractivity contribution in [3.8, 4) is 0 Å². The summed E-state index contributed by atoms with van der Waals surface area (Å²) in [7, 11) is 5.62. The van der Waals surface area contributed by atoms with Crippen LogP contribution in [0.3, 0.4) is 0 Å². The summed E-state index contributed by atoms with van der Waals surface area (Å²) in [5, 5.41) is 0. The number of piperidine rings is 1. The highest BCUT2D eigenvalue weighted by Crippen LogP contribution is 2.31. The molecule has 0 amide bonds. The molecule has 1 heterocycles. The van der Waals surface area contributed by atoms with Gasteiger partial charge < -0.3 is 0 Å². The van der Waals surface area contributed by atoms with Crippen LogP contribution in [-0.2, 0) is 0 Å². The van der Waals surface area contributed by atoms with Gasteiger partial charge in [-0.25, -0.2) is 4.39 Å².